The minimum absolute atomic E-state index is 0.0865. The van der Waals surface area contributed by atoms with Crippen LogP contribution in [0, 0.1) is 12.8 Å². The van der Waals surface area contributed by atoms with Gasteiger partial charge in [0.1, 0.15) is 10.6 Å². The number of piperidine rings is 1. The molecular weight excluding hydrogens is 266 g/mol. The molecule has 2 amide bonds. The molecule has 2 rings (SSSR count). The minimum Gasteiger partial charge on any atom is -0.478 e. The zero-order chi connectivity index (χ0) is 14.0. The molecule has 0 aliphatic carbocycles. The number of aromatic nitrogens is 1. The molecule has 2 N–H and O–H groups in total. The van der Waals surface area contributed by atoms with Crippen molar-refractivity contribution < 1.29 is 14.7 Å². The number of nitrogens with zero attached hydrogens (tertiary/aromatic N) is 2. The Morgan fingerprint density at radius 1 is 1.53 bits per heavy atom. The third-order valence-electron chi connectivity index (χ3n) is 3.24. The number of carboxylic acid groups (broad SMARTS) is 1. The summed E-state index contributed by atoms with van der Waals surface area (Å²) >= 11 is 1.01. The van der Waals surface area contributed by atoms with Crippen molar-refractivity contribution in [1.82, 2.24) is 9.27 Å². The van der Waals surface area contributed by atoms with Crippen LogP contribution in [0.5, 0.6) is 0 Å². The number of aromatic carboxylic acids is 1. The van der Waals surface area contributed by atoms with E-state index in [-0.39, 0.29) is 11.6 Å². The summed E-state index contributed by atoms with van der Waals surface area (Å²) in [5, 5.41) is 12.1. The molecule has 0 saturated carbocycles. The van der Waals surface area contributed by atoms with Crippen LogP contribution >= 0.6 is 11.5 Å². The van der Waals surface area contributed by atoms with Gasteiger partial charge in [-0.2, -0.15) is 4.37 Å². The predicted octanol–water partition coefficient (Wildman–Crippen LogP) is 2.41. The van der Waals surface area contributed by atoms with E-state index in [0.717, 1.165) is 30.9 Å². The summed E-state index contributed by atoms with van der Waals surface area (Å²) in [7, 11) is 0. The molecule has 0 aromatic carbocycles. The fourth-order valence-electron chi connectivity index (χ4n) is 2.26. The fourth-order valence-corrected chi connectivity index (χ4v) is 3.04. The van der Waals surface area contributed by atoms with Crippen molar-refractivity contribution >= 4 is 28.5 Å². The van der Waals surface area contributed by atoms with Crippen molar-refractivity contribution in [2.45, 2.75) is 26.7 Å². The molecule has 104 valence electrons. The van der Waals surface area contributed by atoms with Crippen LogP contribution in [0.15, 0.2) is 0 Å². The average Bonchev–Trinajstić information content (AvgIpc) is 2.70. The number of amides is 2. The van der Waals surface area contributed by atoms with Crippen LogP contribution in [0.2, 0.25) is 0 Å². The van der Waals surface area contributed by atoms with Crippen molar-refractivity contribution in [3.8, 4) is 0 Å². The summed E-state index contributed by atoms with van der Waals surface area (Å²) in [6.45, 7) is 5.17. The van der Waals surface area contributed by atoms with Crippen molar-refractivity contribution in [3.05, 3.63) is 11.3 Å². The predicted molar refractivity (Wildman–Crippen MR) is 72.8 cm³/mol. The molecule has 0 bridgehead atoms. The molecule has 1 unspecified atom stereocenters. The first-order valence-electron chi connectivity index (χ1n) is 6.24. The van der Waals surface area contributed by atoms with Gasteiger partial charge in [-0.1, -0.05) is 6.92 Å². The van der Waals surface area contributed by atoms with E-state index in [2.05, 4.69) is 16.6 Å². The Labute approximate surface area is 115 Å². The second-order valence-corrected chi connectivity index (χ2v) is 5.67. The standard InChI is InChI=1S/C12H17N3O3S/c1-7-4-3-5-15(6-7)12(18)13-10-9(11(16)17)8(2)14-19-10/h7H,3-6H2,1-2H3,(H,13,18)(H,16,17). The Bertz CT molecular complexity index is 500. The molecule has 2 heterocycles. The van der Waals surface area contributed by atoms with E-state index in [9.17, 15) is 9.59 Å². The highest BCUT2D eigenvalue weighted by Crippen LogP contribution is 2.25. The summed E-state index contributed by atoms with van der Waals surface area (Å²) < 4.78 is 3.98. The number of anilines is 1. The van der Waals surface area contributed by atoms with E-state index in [0.29, 0.717) is 23.2 Å². The van der Waals surface area contributed by atoms with Gasteiger partial charge in [0.05, 0.1) is 5.69 Å². The zero-order valence-corrected chi connectivity index (χ0v) is 11.8. The molecule has 0 spiro atoms. The quantitative estimate of drug-likeness (QED) is 0.873. The highest BCUT2D eigenvalue weighted by Gasteiger charge is 2.24. The van der Waals surface area contributed by atoms with E-state index in [4.69, 9.17) is 5.11 Å². The Kier molecular flexibility index (Phi) is 4.04. The van der Waals surface area contributed by atoms with Gasteiger partial charge in [-0.15, -0.1) is 0 Å². The topological polar surface area (TPSA) is 82.5 Å². The number of carbonyl (C=O) groups is 2. The van der Waals surface area contributed by atoms with E-state index >= 15 is 0 Å². The monoisotopic (exact) mass is 283 g/mol. The third kappa shape index (κ3) is 3.04. The van der Waals surface area contributed by atoms with Gasteiger partial charge in [0.2, 0.25) is 0 Å². The van der Waals surface area contributed by atoms with Gasteiger partial charge in [0.15, 0.2) is 0 Å². The molecule has 1 aromatic heterocycles. The molecule has 1 aliphatic heterocycles. The molecule has 0 radical (unpaired) electrons. The maximum Gasteiger partial charge on any atom is 0.340 e. The number of likely N-dealkylation sites (tertiary alicyclic amines) is 1. The van der Waals surface area contributed by atoms with Gasteiger partial charge >= 0.3 is 12.0 Å². The molecule has 1 aromatic rings. The summed E-state index contributed by atoms with van der Waals surface area (Å²) in [5.74, 6) is -0.574. The van der Waals surface area contributed by atoms with Crippen LogP contribution in [-0.4, -0.2) is 39.5 Å². The highest BCUT2D eigenvalue weighted by atomic mass is 32.1. The SMILES string of the molecule is Cc1nsc(NC(=O)N2CCCC(C)C2)c1C(=O)O. The number of aryl methyl sites for hydroxylation is 1. The largest absolute Gasteiger partial charge is 0.478 e. The van der Waals surface area contributed by atoms with Crippen molar-refractivity contribution in [3.63, 3.8) is 0 Å². The van der Waals surface area contributed by atoms with Crippen LogP contribution in [0.25, 0.3) is 0 Å². The summed E-state index contributed by atoms with van der Waals surface area (Å²) in [5.41, 5.74) is 0.517. The van der Waals surface area contributed by atoms with Gasteiger partial charge in [-0.05, 0) is 37.2 Å². The minimum atomic E-state index is -1.06. The first-order valence-corrected chi connectivity index (χ1v) is 7.02. The maximum absolute atomic E-state index is 12.1. The summed E-state index contributed by atoms with van der Waals surface area (Å²) in [4.78, 5) is 24.9. The first-order chi connectivity index (χ1) is 8.99. The van der Waals surface area contributed by atoms with Gasteiger partial charge in [0, 0.05) is 13.1 Å². The van der Waals surface area contributed by atoms with Crippen LogP contribution < -0.4 is 5.32 Å². The normalized spacial score (nSPS) is 19.3. The molecule has 6 nitrogen and oxygen atoms in total. The summed E-state index contributed by atoms with van der Waals surface area (Å²) in [6, 6.07) is -0.238. The van der Waals surface area contributed by atoms with E-state index in [1.54, 1.807) is 11.8 Å². The number of hydrogen-bond acceptors (Lipinski definition) is 4. The molecule has 1 atom stereocenters. The zero-order valence-electron chi connectivity index (χ0n) is 11.0. The highest BCUT2D eigenvalue weighted by molar-refractivity contribution is 7.11. The van der Waals surface area contributed by atoms with Crippen LogP contribution in [-0.2, 0) is 0 Å². The fraction of sp³-hybridized carbons (Fsp3) is 0.583. The van der Waals surface area contributed by atoms with E-state index < -0.39 is 5.97 Å². The lowest BCUT2D eigenvalue weighted by atomic mass is 10.0. The second kappa shape index (κ2) is 5.56. The molecule has 1 saturated heterocycles. The number of nitrogens with one attached hydrogen (secondary N) is 1. The van der Waals surface area contributed by atoms with E-state index in [1.807, 2.05) is 0 Å². The Hall–Kier alpha value is -1.63. The smallest absolute Gasteiger partial charge is 0.340 e. The molecule has 1 fully saturated rings. The van der Waals surface area contributed by atoms with Gasteiger partial charge in [0.25, 0.3) is 0 Å². The van der Waals surface area contributed by atoms with Crippen LogP contribution in [0.4, 0.5) is 9.80 Å². The maximum atomic E-state index is 12.1. The van der Waals surface area contributed by atoms with Crippen LogP contribution in [0.3, 0.4) is 0 Å². The lowest BCUT2D eigenvalue weighted by Crippen LogP contribution is -2.41. The Balaban J connectivity index is 2.08. The number of urea groups is 1. The lowest BCUT2D eigenvalue weighted by Gasteiger charge is -2.30. The van der Waals surface area contributed by atoms with Crippen molar-refractivity contribution in [1.29, 1.82) is 0 Å². The van der Waals surface area contributed by atoms with Crippen molar-refractivity contribution in [2.24, 2.45) is 5.92 Å². The average molecular weight is 283 g/mol. The van der Waals surface area contributed by atoms with Gasteiger partial charge < -0.3 is 10.0 Å². The number of rotatable bonds is 2. The number of carbonyl (C=O) groups excluding carboxylic acids is 1. The summed E-state index contributed by atoms with van der Waals surface area (Å²) in [6.07, 6.45) is 2.12. The lowest BCUT2D eigenvalue weighted by molar-refractivity contribution is 0.0697. The Morgan fingerprint density at radius 3 is 2.89 bits per heavy atom. The number of carboxylic acids is 1. The first kappa shape index (κ1) is 13.8. The van der Waals surface area contributed by atoms with E-state index in [1.165, 1.54) is 0 Å². The molecule has 19 heavy (non-hydrogen) atoms. The molecule has 7 heteroatoms. The van der Waals surface area contributed by atoms with Crippen molar-refractivity contribution in [2.75, 3.05) is 18.4 Å². The Morgan fingerprint density at radius 2 is 2.26 bits per heavy atom. The number of hydrogen-bond donors (Lipinski definition) is 2. The van der Waals surface area contributed by atoms with Gasteiger partial charge in [-0.3, -0.25) is 5.32 Å². The molecular formula is C12H17N3O3S. The van der Waals surface area contributed by atoms with Crippen LogP contribution in [0.1, 0.15) is 35.8 Å². The second-order valence-electron chi connectivity index (χ2n) is 4.90. The third-order valence-corrected chi connectivity index (χ3v) is 4.10. The molecule has 1 aliphatic rings. The van der Waals surface area contributed by atoms with Gasteiger partial charge in [-0.25, -0.2) is 9.59 Å².